The quantitative estimate of drug-likeness (QED) is 0.490. The number of aromatic amines is 1. The van der Waals surface area contributed by atoms with E-state index in [0.717, 1.165) is 6.08 Å². The van der Waals surface area contributed by atoms with Crippen molar-refractivity contribution < 1.29 is 9.53 Å². The summed E-state index contributed by atoms with van der Waals surface area (Å²) in [7, 11) is 0. The molecule has 3 heteroatoms. The standard InChI is InChI=1S/C7H7NO2/c1-2-7(9)10-6-4-3-5-8-6/h2-5,8H,1H2. The molecule has 10 heavy (non-hydrogen) atoms. The van der Waals surface area contributed by atoms with Crippen LogP contribution in [0, 0.1) is 0 Å². The summed E-state index contributed by atoms with van der Waals surface area (Å²) in [4.78, 5) is 13.2. The molecule has 0 atom stereocenters. The smallest absolute Gasteiger partial charge is 0.336 e. The minimum atomic E-state index is -0.456. The first-order valence-electron chi connectivity index (χ1n) is 2.80. The van der Waals surface area contributed by atoms with Crippen molar-refractivity contribution in [2.75, 3.05) is 0 Å². The molecule has 3 nitrogen and oxygen atoms in total. The summed E-state index contributed by atoms with van der Waals surface area (Å²) < 4.78 is 4.69. The van der Waals surface area contributed by atoms with Gasteiger partial charge in [-0.05, 0) is 6.07 Å². The molecule has 1 N–H and O–H groups in total. The topological polar surface area (TPSA) is 42.1 Å². The van der Waals surface area contributed by atoms with Gasteiger partial charge in [0.2, 0.25) is 5.88 Å². The van der Waals surface area contributed by atoms with E-state index in [0.29, 0.717) is 5.88 Å². The number of carbonyl (C=O) groups excluding carboxylic acids is 1. The third kappa shape index (κ3) is 1.48. The lowest BCUT2D eigenvalue weighted by Crippen LogP contribution is -2.02. The predicted octanol–water partition coefficient (Wildman–Crippen LogP) is 1.11. The van der Waals surface area contributed by atoms with Crippen molar-refractivity contribution in [1.82, 2.24) is 4.98 Å². The van der Waals surface area contributed by atoms with Gasteiger partial charge >= 0.3 is 5.97 Å². The average Bonchev–Trinajstić information content (AvgIpc) is 2.40. The molecule has 0 aliphatic heterocycles. The molecule has 0 saturated carbocycles. The molecule has 0 amide bonds. The molecule has 0 bridgehead atoms. The minimum Gasteiger partial charge on any atom is -0.406 e. The second-order valence-corrected chi connectivity index (χ2v) is 1.66. The lowest BCUT2D eigenvalue weighted by atomic mass is 10.6. The average molecular weight is 137 g/mol. The number of H-pyrrole nitrogens is 1. The van der Waals surface area contributed by atoms with Crippen LogP contribution in [0.2, 0.25) is 0 Å². The molecular weight excluding hydrogens is 130 g/mol. The van der Waals surface area contributed by atoms with Gasteiger partial charge in [0.15, 0.2) is 0 Å². The molecule has 0 spiro atoms. The second-order valence-electron chi connectivity index (χ2n) is 1.66. The van der Waals surface area contributed by atoms with Crippen molar-refractivity contribution in [3.8, 4) is 5.88 Å². The van der Waals surface area contributed by atoms with Gasteiger partial charge in [0, 0.05) is 18.3 Å². The van der Waals surface area contributed by atoms with Gasteiger partial charge in [-0.25, -0.2) is 4.79 Å². The van der Waals surface area contributed by atoms with Gasteiger partial charge in [0.1, 0.15) is 0 Å². The zero-order chi connectivity index (χ0) is 7.40. The summed E-state index contributed by atoms with van der Waals surface area (Å²) in [6.45, 7) is 3.25. The summed E-state index contributed by atoms with van der Waals surface area (Å²) in [5.74, 6) is -0.0210. The monoisotopic (exact) mass is 137 g/mol. The van der Waals surface area contributed by atoms with Crippen molar-refractivity contribution in [3.63, 3.8) is 0 Å². The maximum Gasteiger partial charge on any atom is 0.336 e. The van der Waals surface area contributed by atoms with Gasteiger partial charge < -0.3 is 9.72 Å². The molecular formula is C7H7NO2. The van der Waals surface area contributed by atoms with Gasteiger partial charge in [0.05, 0.1) is 0 Å². The Morgan fingerprint density at radius 1 is 1.80 bits per heavy atom. The Balaban J connectivity index is 2.56. The number of carbonyl (C=O) groups is 1. The highest BCUT2D eigenvalue weighted by atomic mass is 16.5. The van der Waals surface area contributed by atoms with E-state index in [2.05, 4.69) is 11.6 Å². The van der Waals surface area contributed by atoms with E-state index in [1.54, 1.807) is 18.3 Å². The van der Waals surface area contributed by atoms with Crippen molar-refractivity contribution in [1.29, 1.82) is 0 Å². The van der Waals surface area contributed by atoms with Gasteiger partial charge in [-0.15, -0.1) is 0 Å². The molecule has 0 aromatic carbocycles. The molecule has 0 unspecified atom stereocenters. The molecule has 1 aromatic rings. The fourth-order valence-corrected chi connectivity index (χ4v) is 0.527. The van der Waals surface area contributed by atoms with E-state index >= 15 is 0 Å². The highest BCUT2D eigenvalue weighted by Gasteiger charge is 1.96. The van der Waals surface area contributed by atoms with Crippen LogP contribution < -0.4 is 4.74 Å². The van der Waals surface area contributed by atoms with E-state index in [-0.39, 0.29) is 0 Å². The van der Waals surface area contributed by atoms with Gasteiger partial charge in [-0.3, -0.25) is 0 Å². The van der Waals surface area contributed by atoms with Crippen LogP contribution in [0.4, 0.5) is 0 Å². The molecule has 1 aromatic heterocycles. The highest BCUT2D eigenvalue weighted by Crippen LogP contribution is 2.03. The third-order valence-corrected chi connectivity index (χ3v) is 0.947. The molecule has 0 radical (unpaired) electrons. The van der Waals surface area contributed by atoms with Crippen LogP contribution in [0.5, 0.6) is 5.88 Å². The second kappa shape index (κ2) is 2.87. The zero-order valence-electron chi connectivity index (χ0n) is 5.33. The summed E-state index contributed by atoms with van der Waals surface area (Å²) >= 11 is 0. The maximum atomic E-state index is 10.5. The van der Waals surface area contributed by atoms with E-state index in [4.69, 9.17) is 4.74 Å². The predicted molar refractivity (Wildman–Crippen MR) is 36.6 cm³/mol. The number of hydrogen-bond donors (Lipinski definition) is 1. The molecule has 0 fully saturated rings. The van der Waals surface area contributed by atoms with Crippen LogP contribution in [0.3, 0.4) is 0 Å². The number of hydrogen-bond acceptors (Lipinski definition) is 2. The van der Waals surface area contributed by atoms with E-state index in [1.807, 2.05) is 0 Å². The van der Waals surface area contributed by atoms with Crippen LogP contribution in [0.1, 0.15) is 0 Å². The Bertz CT molecular complexity index is 226. The molecule has 0 aliphatic rings. The van der Waals surface area contributed by atoms with Crippen molar-refractivity contribution in [2.45, 2.75) is 0 Å². The van der Waals surface area contributed by atoms with Gasteiger partial charge in [-0.2, -0.15) is 0 Å². The van der Waals surface area contributed by atoms with Gasteiger partial charge in [0.25, 0.3) is 0 Å². The fourth-order valence-electron chi connectivity index (χ4n) is 0.527. The summed E-state index contributed by atoms with van der Waals surface area (Å²) in [5, 5.41) is 0. The Morgan fingerprint density at radius 3 is 3.10 bits per heavy atom. The lowest BCUT2D eigenvalue weighted by Gasteiger charge is -1.93. The number of rotatable bonds is 2. The minimum absolute atomic E-state index is 0.435. The zero-order valence-corrected chi connectivity index (χ0v) is 5.33. The normalized spacial score (nSPS) is 8.80. The van der Waals surface area contributed by atoms with Crippen LogP contribution in [-0.4, -0.2) is 11.0 Å². The summed E-state index contributed by atoms with van der Waals surface area (Å²) in [6, 6.07) is 3.40. The van der Waals surface area contributed by atoms with E-state index in [1.165, 1.54) is 0 Å². The largest absolute Gasteiger partial charge is 0.406 e. The van der Waals surface area contributed by atoms with Gasteiger partial charge in [-0.1, -0.05) is 6.58 Å². The van der Waals surface area contributed by atoms with Crippen LogP contribution >= 0.6 is 0 Å². The fraction of sp³-hybridized carbons (Fsp3) is 0. The highest BCUT2D eigenvalue weighted by molar-refractivity contribution is 5.83. The Hall–Kier alpha value is -1.51. The summed E-state index contributed by atoms with van der Waals surface area (Å²) in [6.07, 6.45) is 2.78. The first-order valence-corrected chi connectivity index (χ1v) is 2.80. The van der Waals surface area contributed by atoms with Crippen LogP contribution in [-0.2, 0) is 4.79 Å². The summed E-state index contributed by atoms with van der Waals surface area (Å²) in [5.41, 5.74) is 0. The lowest BCUT2D eigenvalue weighted by molar-refractivity contribution is -0.129. The number of esters is 1. The number of nitrogens with one attached hydrogen (secondary N) is 1. The Labute approximate surface area is 58.3 Å². The SMILES string of the molecule is C=CC(=O)Oc1ccc[nH]1. The number of ether oxygens (including phenoxy) is 1. The van der Waals surface area contributed by atoms with E-state index in [9.17, 15) is 4.79 Å². The first kappa shape index (κ1) is 6.61. The third-order valence-electron chi connectivity index (χ3n) is 0.947. The number of aromatic nitrogens is 1. The Kier molecular flexibility index (Phi) is 1.89. The van der Waals surface area contributed by atoms with Crippen molar-refractivity contribution in [2.24, 2.45) is 0 Å². The van der Waals surface area contributed by atoms with Crippen LogP contribution in [0.15, 0.2) is 31.0 Å². The van der Waals surface area contributed by atoms with Crippen LogP contribution in [0.25, 0.3) is 0 Å². The Morgan fingerprint density at radius 2 is 2.60 bits per heavy atom. The molecule has 0 saturated heterocycles. The molecule has 0 aliphatic carbocycles. The first-order chi connectivity index (χ1) is 4.83. The van der Waals surface area contributed by atoms with E-state index < -0.39 is 5.97 Å². The molecule has 1 rings (SSSR count). The maximum absolute atomic E-state index is 10.5. The molecule has 1 heterocycles. The van der Waals surface area contributed by atoms with Crippen molar-refractivity contribution >= 4 is 5.97 Å². The van der Waals surface area contributed by atoms with Crippen molar-refractivity contribution in [3.05, 3.63) is 31.0 Å². The molecule has 52 valence electrons.